The van der Waals surface area contributed by atoms with E-state index >= 15 is 0 Å². The molecule has 2 rings (SSSR count). The van der Waals surface area contributed by atoms with E-state index in [2.05, 4.69) is 4.98 Å². The molecule has 1 aromatic heterocycles. The van der Waals surface area contributed by atoms with Gasteiger partial charge >= 0.3 is 5.97 Å². The van der Waals surface area contributed by atoms with Crippen molar-refractivity contribution < 1.29 is 13.9 Å². The Hall–Kier alpha value is -2.10. The molecule has 4 nitrogen and oxygen atoms in total. The van der Waals surface area contributed by atoms with Crippen LogP contribution in [0.15, 0.2) is 41.1 Å². The van der Waals surface area contributed by atoms with E-state index in [0.29, 0.717) is 12.2 Å². The second kappa shape index (κ2) is 6.00. The topological polar surface area (TPSA) is 52.3 Å². The molecule has 1 heterocycles. The van der Waals surface area contributed by atoms with Crippen LogP contribution in [0.4, 0.5) is 0 Å². The number of nitrogens with zero attached hydrogens (tertiary/aromatic N) is 1. The number of ether oxygens (including phenoxy) is 1. The predicted molar refractivity (Wildman–Crippen MR) is 66.1 cm³/mol. The van der Waals surface area contributed by atoms with Crippen molar-refractivity contribution in [1.29, 1.82) is 0 Å². The molecule has 0 aliphatic heterocycles. The fourth-order valence-electron chi connectivity index (χ4n) is 1.63. The summed E-state index contributed by atoms with van der Waals surface area (Å²) < 4.78 is 10.4. The van der Waals surface area contributed by atoms with Crippen LogP contribution in [-0.4, -0.2) is 11.0 Å². The van der Waals surface area contributed by atoms with Crippen molar-refractivity contribution in [2.45, 2.75) is 26.4 Å². The van der Waals surface area contributed by atoms with Crippen molar-refractivity contribution in [2.24, 2.45) is 0 Å². The maximum absolute atomic E-state index is 11.8. The van der Waals surface area contributed by atoms with Crippen molar-refractivity contribution in [3.63, 3.8) is 0 Å². The van der Waals surface area contributed by atoms with Gasteiger partial charge in [0.2, 0.25) is 0 Å². The molecule has 2 aromatic rings. The molecule has 0 unspecified atom stereocenters. The van der Waals surface area contributed by atoms with Gasteiger partial charge in [-0.25, -0.2) is 9.78 Å². The van der Waals surface area contributed by atoms with E-state index in [1.807, 2.05) is 37.3 Å². The maximum Gasteiger partial charge on any atom is 0.360 e. The van der Waals surface area contributed by atoms with Crippen LogP contribution in [0.5, 0.6) is 0 Å². The summed E-state index contributed by atoms with van der Waals surface area (Å²) in [5.74, 6) is 0.159. The Morgan fingerprint density at radius 3 is 2.83 bits per heavy atom. The Morgan fingerprint density at radius 1 is 1.33 bits per heavy atom. The third kappa shape index (κ3) is 2.97. The number of hydrogen-bond acceptors (Lipinski definition) is 4. The SMILES string of the molecule is CCCc1ocnc1C(=O)OCc1ccccc1. The van der Waals surface area contributed by atoms with Crippen molar-refractivity contribution in [3.05, 3.63) is 53.7 Å². The predicted octanol–water partition coefficient (Wildman–Crippen LogP) is 2.98. The van der Waals surface area contributed by atoms with Crippen molar-refractivity contribution in [1.82, 2.24) is 4.98 Å². The van der Waals surface area contributed by atoms with Gasteiger partial charge in [0.15, 0.2) is 12.1 Å². The molecule has 0 spiro atoms. The molecule has 0 N–H and O–H groups in total. The monoisotopic (exact) mass is 245 g/mol. The molecule has 4 heteroatoms. The molecule has 0 fully saturated rings. The number of aromatic nitrogens is 1. The highest BCUT2D eigenvalue weighted by atomic mass is 16.5. The quantitative estimate of drug-likeness (QED) is 0.760. The Morgan fingerprint density at radius 2 is 2.11 bits per heavy atom. The molecule has 1 aromatic carbocycles. The van der Waals surface area contributed by atoms with Crippen LogP contribution >= 0.6 is 0 Å². The van der Waals surface area contributed by atoms with Gasteiger partial charge in [-0.05, 0) is 12.0 Å². The lowest BCUT2D eigenvalue weighted by Crippen LogP contribution is -2.08. The van der Waals surface area contributed by atoms with Crippen LogP contribution in [0, 0.1) is 0 Å². The van der Waals surface area contributed by atoms with E-state index in [0.717, 1.165) is 12.0 Å². The Balaban J connectivity index is 1.97. The third-order valence-electron chi connectivity index (χ3n) is 2.52. The summed E-state index contributed by atoms with van der Waals surface area (Å²) in [6, 6.07) is 9.54. The van der Waals surface area contributed by atoms with Gasteiger partial charge in [0.05, 0.1) is 0 Å². The van der Waals surface area contributed by atoms with E-state index in [1.165, 1.54) is 6.39 Å². The highest BCUT2D eigenvalue weighted by Crippen LogP contribution is 2.12. The van der Waals surface area contributed by atoms with Gasteiger partial charge in [0.1, 0.15) is 12.4 Å². The lowest BCUT2D eigenvalue weighted by Gasteiger charge is -2.03. The number of carbonyl (C=O) groups is 1. The molecule has 0 radical (unpaired) electrons. The first kappa shape index (κ1) is 12.4. The smallest absolute Gasteiger partial charge is 0.360 e. The maximum atomic E-state index is 11.8. The number of oxazole rings is 1. The molecule has 94 valence electrons. The average molecular weight is 245 g/mol. The van der Waals surface area contributed by atoms with E-state index in [-0.39, 0.29) is 12.3 Å². The largest absolute Gasteiger partial charge is 0.456 e. The summed E-state index contributed by atoms with van der Waals surface area (Å²) in [7, 11) is 0. The van der Waals surface area contributed by atoms with E-state index < -0.39 is 5.97 Å². The lowest BCUT2D eigenvalue weighted by molar-refractivity contribution is 0.0464. The van der Waals surface area contributed by atoms with Crippen molar-refractivity contribution >= 4 is 5.97 Å². The molecule has 0 aliphatic rings. The molecular weight excluding hydrogens is 230 g/mol. The van der Waals surface area contributed by atoms with Gasteiger partial charge in [-0.3, -0.25) is 0 Å². The van der Waals surface area contributed by atoms with Gasteiger partial charge < -0.3 is 9.15 Å². The Labute approximate surface area is 106 Å². The molecule has 0 amide bonds. The number of carbonyl (C=O) groups excluding carboxylic acids is 1. The Kier molecular flexibility index (Phi) is 4.12. The molecule has 0 atom stereocenters. The molecule has 0 bridgehead atoms. The van der Waals surface area contributed by atoms with Gasteiger partial charge in [0, 0.05) is 6.42 Å². The summed E-state index contributed by atoms with van der Waals surface area (Å²) in [5, 5.41) is 0. The van der Waals surface area contributed by atoms with Gasteiger partial charge in [-0.15, -0.1) is 0 Å². The molecule has 0 saturated heterocycles. The first-order chi connectivity index (χ1) is 8.81. The zero-order valence-corrected chi connectivity index (χ0v) is 10.3. The fourth-order valence-corrected chi connectivity index (χ4v) is 1.63. The summed E-state index contributed by atoms with van der Waals surface area (Å²) in [6.07, 6.45) is 2.87. The lowest BCUT2D eigenvalue weighted by atomic mass is 10.2. The van der Waals surface area contributed by atoms with E-state index in [1.54, 1.807) is 0 Å². The number of benzene rings is 1. The minimum absolute atomic E-state index is 0.248. The molecule has 18 heavy (non-hydrogen) atoms. The van der Waals surface area contributed by atoms with Crippen LogP contribution in [0.25, 0.3) is 0 Å². The Bertz CT molecular complexity index is 505. The number of esters is 1. The van der Waals surface area contributed by atoms with Gasteiger partial charge in [0.25, 0.3) is 0 Å². The van der Waals surface area contributed by atoms with E-state index in [4.69, 9.17) is 9.15 Å². The summed E-state index contributed by atoms with van der Waals surface area (Å²) >= 11 is 0. The normalized spacial score (nSPS) is 10.3. The first-order valence-corrected chi connectivity index (χ1v) is 5.94. The minimum atomic E-state index is -0.434. The van der Waals surface area contributed by atoms with Crippen LogP contribution in [0.1, 0.15) is 35.2 Å². The summed E-state index contributed by atoms with van der Waals surface area (Å²) in [6.45, 7) is 2.26. The zero-order chi connectivity index (χ0) is 12.8. The second-order valence-electron chi connectivity index (χ2n) is 3.94. The average Bonchev–Trinajstić information content (AvgIpc) is 2.86. The minimum Gasteiger partial charge on any atom is -0.456 e. The summed E-state index contributed by atoms with van der Waals surface area (Å²) in [4.78, 5) is 15.7. The van der Waals surface area contributed by atoms with Crippen LogP contribution in [0.3, 0.4) is 0 Å². The van der Waals surface area contributed by atoms with Crippen molar-refractivity contribution in [2.75, 3.05) is 0 Å². The number of hydrogen-bond donors (Lipinski definition) is 0. The van der Waals surface area contributed by atoms with Crippen molar-refractivity contribution in [3.8, 4) is 0 Å². The van der Waals surface area contributed by atoms with Crippen LogP contribution in [0.2, 0.25) is 0 Å². The highest BCUT2D eigenvalue weighted by Gasteiger charge is 2.17. The fraction of sp³-hybridized carbons (Fsp3) is 0.286. The number of aryl methyl sites for hydroxylation is 1. The molecular formula is C14H15NO3. The second-order valence-corrected chi connectivity index (χ2v) is 3.94. The molecule has 0 aliphatic carbocycles. The zero-order valence-electron chi connectivity index (χ0n) is 10.3. The molecule has 0 saturated carbocycles. The standard InChI is InChI=1S/C14H15NO3/c1-2-6-12-13(15-10-18-12)14(16)17-9-11-7-4-3-5-8-11/h3-5,7-8,10H,2,6,9H2,1H3. The van der Waals surface area contributed by atoms with Crippen LogP contribution in [-0.2, 0) is 17.8 Å². The first-order valence-electron chi connectivity index (χ1n) is 5.94. The highest BCUT2D eigenvalue weighted by molar-refractivity contribution is 5.88. The number of rotatable bonds is 5. The van der Waals surface area contributed by atoms with E-state index in [9.17, 15) is 4.79 Å². The third-order valence-corrected chi connectivity index (χ3v) is 2.52. The summed E-state index contributed by atoms with van der Waals surface area (Å²) in [5.41, 5.74) is 1.24. The van der Waals surface area contributed by atoms with Gasteiger partial charge in [-0.2, -0.15) is 0 Å². The van der Waals surface area contributed by atoms with Crippen LogP contribution < -0.4 is 0 Å². The van der Waals surface area contributed by atoms with Gasteiger partial charge in [-0.1, -0.05) is 37.3 Å².